The summed E-state index contributed by atoms with van der Waals surface area (Å²) in [5, 5.41) is 11.8. The number of fused-ring (bicyclic) bond motifs is 1. The maximum atomic E-state index is 13.1. The number of carbonyl (C=O) groups excluding carboxylic acids is 2. The van der Waals surface area contributed by atoms with Gasteiger partial charge >= 0.3 is 5.97 Å². The summed E-state index contributed by atoms with van der Waals surface area (Å²) >= 11 is 0. The van der Waals surface area contributed by atoms with Crippen LogP contribution in [-0.2, 0) is 16.0 Å². The Morgan fingerprint density at radius 3 is 2.20 bits per heavy atom. The lowest BCUT2D eigenvalue weighted by molar-refractivity contribution is -0.140. The minimum absolute atomic E-state index is 0.174. The number of rotatable bonds is 16. The van der Waals surface area contributed by atoms with Gasteiger partial charge in [0, 0.05) is 5.56 Å². The Kier molecular flexibility index (Phi) is 13.5. The molecule has 1 aromatic carbocycles. The largest absolute Gasteiger partial charge is 0.487 e. The van der Waals surface area contributed by atoms with Crippen molar-refractivity contribution in [2.24, 2.45) is 17.8 Å². The van der Waals surface area contributed by atoms with Gasteiger partial charge in [0.2, 0.25) is 5.91 Å². The Bertz CT molecular complexity index is 987. The summed E-state index contributed by atoms with van der Waals surface area (Å²) in [6, 6.07) is -0.809. The zero-order valence-corrected chi connectivity index (χ0v) is 26.9. The van der Waals surface area contributed by atoms with Crippen molar-refractivity contribution in [1.29, 1.82) is 0 Å². The maximum Gasteiger partial charge on any atom is 0.334 e. The number of hydrogen-bond donors (Lipinski definition) is 2. The molecule has 2 N–H and O–H groups in total. The molecule has 6 nitrogen and oxygen atoms in total. The number of aliphatic hydroxyl groups excluding tert-OH is 1. The fraction of sp³-hybridized carbons (Fsp3) is 0.765. The van der Waals surface area contributed by atoms with Crippen LogP contribution < -0.4 is 14.8 Å². The number of nitrogens with one attached hydrogen (secondary N) is 1. The third-order valence-corrected chi connectivity index (χ3v) is 8.81. The number of hydrogen-bond acceptors (Lipinski definition) is 5. The van der Waals surface area contributed by atoms with Gasteiger partial charge in [0.1, 0.15) is 29.7 Å². The van der Waals surface area contributed by atoms with E-state index in [2.05, 4.69) is 33.0 Å². The molecule has 1 aromatic rings. The first-order chi connectivity index (χ1) is 18.8. The third kappa shape index (κ3) is 9.78. The lowest BCUT2D eigenvalue weighted by Crippen LogP contribution is -2.45. The monoisotopic (exact) mass is 559 g/mol. The van der Waals surface area contributed by atoms with E-state index in [0.717, 1.165) is 59.1 Å². The van der Waals surface area contributed by atoms with E-state index in [1.54, 1.807) is 0 Å². The SMILES string of the molecule is CCCC(C)CCCC(C)CCCC1(C)CCc2c(C)c(OC(=O)C(CC(C)C)NC(=O)CO)c(C)c(C)c2O1. The van der Waals surface area contributed by atoms with Crippen molar-refractivity contribution in [2.75, 3.05) is 6.61 Å². The second-order valence-electron chi connectivity index (χ2n) is 13.2. The zero-order chi connectivity index (χ0) is 30.0. The summed E-state index contributed by atoms with van der Waals surface area (Å²) in [6.07, 6.45) is 12.3. The highest BCUT2D eigenvalue weighted by atomic mass is 16.5. The molecule has 40 heavy (non-hydrogen) atoms. The van der Waals surface area contributed by atoms with E-state index in [-0.39, 0.29) is 11.5 Å². The molecule has 0 radical (unpaired) electrons. The summed E-state index contributed by atoms with van der Waals surface area (Å²) in [6.45, 7) is 18.6. The minimum atomic E-state index is -0.809. The minimum Gasteiger partial charge on any atom is -0.487 e. The van der Waals surface area contributed by atoms with Gasteiger partial charge in [-0.05, 0) is 94.2 Å². The van der Waals surface area contributed by atoms with E-state index >= 15 is 0 Å². The predicted molar refractivity (Wildman–Crippen MR) is 163 cm³/mol. The van der Waals surface area contributed by atoms with E-state index in [4.69, 9.17) is 14.6 Å². The molecule has 4 unspecified atom stereocenters. The van der Waals surface area contributed by atoms with E-state index in [9.17, 15) is 9.59 Å². The van der Waals surface area contributed by atoms with Crippen LogP contribution in [0.2, 0.25) is 0 Å². The molecule has 4 atom stereocenters. The number of aliphatic hydroxyl groups is 1. The molecular formula is C34H57NO5. The first-order valence-electron chi connectivity index (χ1n) is 15.7. The third-order valence-electron chi connectivity index (χ3n) is 8.81. The summed E-state index contributed by atoms with van der Waals surface area (Å²) < 4.78 is 12.7. The molecule has 0 aliphatic carbocycles. The molecule has 0 spiro atoms. The molecule has 0 saturated heterocycles. The Hall–Kier alpha value is -2.08. The van der Waals surface area contributed by atoms with Crippen LogP contribution in [-0.4, -0.2) is 35.2 Å². The fourth-order valence-electron chi connectivity index (χ4n) is 6.13. The molecule has 0 bridgehead atoms. The topological polar surface area (TPSA) is 84.9 Å². The highest BCUT2D eigenvalue weighted by Crippen LogP contribution is 2.45. The number of carbonyl (C=O) groups is 2. The van der Waals surface area contributed by atoms with Gasteiger partial charge in [-0.2, -0.15) is 0 Å². The van der Waals surface area contributed by atoms with E-state index in [1.807, 2.05) is 34.6 Å². The molecule has 6 heteroatoms. The van der Waals surface area contributed by atoms with Gasteiger partial charge in [-0.15, -0.1) is 0 Å². The van der Waals surface area contributed by atoms with E-state index < -0.39 is 24.5 Å². The van der Waals surface area contributed by atoms with Crippen LogP contribution in [0.3, 0.4) is 0 Å². The van der Waals surface area contributed by atoms with Crippen molar-refractivity contribution in [3.8, 4) is 11.5 Å². The zero-order valence-electron chi connectivity index (χ0n) is 26.9. The lowest BCUT2D eigenvalue weighted by Gasteiger charge is -2.38. The number of esters is 1. The Balaban J connectivity index is 2.06. The van der Waals surface area contributed by atoms with Gasteiger partial charge in [-0.1, -0.05) is 73.1 Å². The first kappa shape index (κ1) is 34.1. The van der Waals surface area contributed by atoms with Crippen LogP contribution in [0.25, 0.3) is 0 Å². The summed E-state index contributed by atoms with van der Waals surface area (Å²) in [5.41, 5.74) is 3.73. The molecule has 1 heterocycles. The Labute approximate surface area is 244 Å². The van der Waals surface area contributed by atoms with Crippen LogP contribution in [0.15, 0.2) is 0 Å². The van der Waals surface area contributed by atoms with E-state index in [1.165, 1.54) is 44.9 Å². The van der Waals surface area contributed by atoms with Gasteiger partial charge in [-0.25, -0.2) is 4.79 Å². The van der Waals surface area contributed by atoms with Gasteiger partial charge in [0.25, 0.3) is 0 Å². The molecule has 0 aromatic heterocycles. The quantitative estimate of drug-likeness (QED) is 0.161. The van der Waals surface area contributed by atoms with Crippen LogP contribution in [0.4, 0.5) is 0 Å². The maximum absolute atomic E-state index is 13.1. The molecule has 1 amide bonds. The smallest absolute Gasteiger partial charge is 0.334 e. The van der Waals surface area contributed by atoms with Gasteiger partial charge in [0.05, 0.1) is 0 Å². The molecule has 1 aliphatic heterocycles. The normalized spacial score (nSPS) is 19.0. The molecule has 0 saturated carbocycles. The number of benzene rings is 1. The van der Waals surface area contributed by atoms with Crippen molar-refractivity contribution in [3.63, 3.8) is 0 Å². The second kappa shape index (κ2) is 15.8. The molecule has 1 aliphatic rings. The molecule has 228 valence electrons. The Morgan fingerprint density at radius 1 is 0.975 bits per heavy atom. The van der Waals surface area contributed by atoms with Crippen LogP contribution in [0.5, 0.6) is 11.5 Å². The van der Waals surface area contributed by atoms with Crippen molar-refractivity contribution in [3.05, 3.63) is 22.3 Å². The number of amides is 1. The molecular weight excluding hydrogens is 502 g/mol. The second-order valence-corrected chi connectivity index (χ2v) is 13.2. The standard InChI is InChI=1S/C34H57NO5/c1-10-13-23(4)14-11-15-24(5)16-12-18-34(9)19-17-28-27(8)31(25(6)26(7)32(28)40-34)39-33(38)29(20-22(2)3)35-30(37)21-36/h22-24,29,36H,10-21H2,1-9H3,(H,35,37). The van der Waals surface area contributed by atoms with Crippen molar-refractivity contribution < 1.29 is 24.2 Å². The lowest BCUT2D eigenvalue weighted by atomic mass is 9.83. The van der Waals surface area contributed by atoms with Crippen molar-refractivity contribution >= 4 is 11.9 Å². The number of ether oxygens (including phenoxy) is 2. The highest BCUT2D eigenvalue weighted by Gasteiger charge is 2.35. The Morgan fingerprint density at radius 2 is 1.60 bits per heavy atom. The average molecular weight is 560 g/mol. The summed E-state index contributed by atoms with van der Waals surface area (Å²) in [4.78, 5) is 25.0. The van der Waals surface area contributed by atoms with Crippen molar-refractivity contribution in [2.45, 2.75) is 145 Å². The van der Waals surface area contributed by atoms with Crippen LogP contribution >= 0.6 is 0 Å². The highest BCUT2D eigenvalue weighted by molar-refractivity contribution is 5.86. The first-order valence-corrected chi connectivity index (χ1v) is 15.7. The van der Waals surface area contributed by atoms with Crippen molar-refractivity contribution in [1.82, 2.24) is 5.32 Å². The van der Waals surface area contributed by atoms with Gasteiger partial charge < -0.3 is 19.9 Å². The summed E-state index contributed by atoms with van der Waals surface area (Å²) in [7, 11) is 0. The summed E-state index contributed by atoms with van der Waals surface area (Å²) in [5.74, 6) is 2.18. The predicted octanol–water partition coefficient (Wildman–Crippen LogP) is 7.54. The fourth-order valence-corrected chi connectivity index (χ4v) is 6.13. The molecule has 0 fully saturated rings. The average Bonchev–Trinajstić information content (AvgIpc) is 2.89. The van der Waals surface area contributed by atoms with Crippen LogP contribution in [0.1, 0.15) is 128 Å². The van der Waals surface area contributed by atoms with Gasteiger partial charge in [-0.3, -0.25) is 4.79 Å². The van der Waals surface area contributed by atoms with Gasteiger partial charge in [0.15, 0.2) is 0 Å². The van der Waals surface area contributed by atoms with Crippen LogP contribution in [0, 0.1) is 38.5 Å². The van der Waals surface area contributed by atoms with E-state index in [0.29, 0.717) is 12.2 Å². The molecule has 2 rings (SSSR count).